The first-order valence-electron chi connectivity index (χ1n) is 2.83. The van der Waals surface area contributed by atoms with Gasteiger partial charge in [-0.1, -0.05) is 22.9 Å². The summed E-state index contributed by atoms with van der Waals surface area (Å²) in [6.45, 7) is 1.88. The molecule has 0 aromatic heterocycles. The van der Waals surface area contributed by atoms with Crippen LogP contribution in [-0.2, 0) is 4.79 Å². The lowest BCUT2D eigenvalue weighted by Crippen LogP contribution is -2.35. The number of hydrogen-bond acceptors (Lipinski definition) is 2. The Bertz CT molecular complexity index is 192. The highest BCUT2D eigenvalue weighted by atomic mass is 79.9. The normalized spacial score (nSPS) is 38.4. The molecule has 0 bridgehead atoms. The van der Waals surface area contributed by atoms with Crippen molar-refractivity contribution in [3.63, 3.8) is 0 Å². The molecular weight excluding hydrogens is 216 g/mol. The molecule has 1 aliphatic rings. The second kappa shape index (κ2) is 2.58. The first kappa shape index (κ1) is 8.14. The number of halogens is 1. The molecule has 56 valence electrons. The number of carbonyl (C=O) groups is 1. The summed E-state index contributed by atoms with van der Waals surface area (Å²) in [6, 6.07) is 0. The SMILES string of the molecule is CC1SC=CC1(Br)C(=O)O. The molecule has 0 fully saturated rings. The summed E-state index contributed by atoms with van der Waals surface area (Å²) in [4.78, 5) is 10.6. The average molecular weight is 223 g/mol. The average Bonchev–Trinajstić information content (AvgIpc) is 2.15. The van der Waals surface area contributed by atoms with E-state index in [4.69, 9.17) is 5.11 Å². The molecule has 2 atom stereocenters. The van der Waals surface area contributed by atoms with E-state index in [1.54, 1.807) is 6.08 Å². The van der Waals surface area contributed by atoms with Crippen molar-refractivity contribution in [2.24, 2.45) is 0 Å². The molecule has 1 N–H and O–H groups in total. The maximum atomic E-state index is 10.6. The minimum atomic E-state index is -0.836. The molecule has 0 aliphatic carbocycles. The number of thioether (sulfide) groups is 1. The zero-order chi connectivity index (χ0) is 7.78. The van der Waals surface area contributed by atoms with Crippen LogP contribution in [-0.4, -0.2) is 20.7 Å². The summed E-state index contributed by atoms with van der Waals surface area (Å²) in [5.41, 5.74) is 0. The van der Waals surface area contributed by atoms with E-state index in [1.807, 2.05) is 12.3 Å². The van der Waals surface area contributed by atoms with Crippen LogP contribution in [0.5, 0.6) is 0 Å². The molecule has 10 heavy (non-hydrogen) atoms. The predicted molar refractivity (Wildman–Crippen MR) is 45.5 cm³/mol. The summed E-state index contributed by atoms with van der Waals surface area (Å²) < 4.78 is -0.836. The van der Waals surface area contributed by atoms with E-state index in [0.717, 1.165) is 0 Å². The number of hydrogen-bond donors (Lipinski definition) is 1. The van der Waals surface area contributed by atoms with Gasteiger partial charge in [0, 0.05) is 5.25 Å². The van der Waals surface area contributed by atoms with E-state index in [1.165, 1.54) is 11.8 Å². The van der Waals surface area contributed by atoms with Crippen molar-refractivity contribution < 1.29 is 9.90 Å². The topological polar surface area (TPSA) is 37.3 Å². The highest BCUT2D eigenvalue weighted by Gasteiger charge is 2.41. The maximum Gasteiger partial charge on any atom is 0.325 e. The number of carboxylic acids is 1. The van der Waals surface area contributed by atoms with E-state index in [2.05, 4.69) is 15.9 Å². The van der Waals surface area contributed by atoms with Gasteiger partial charge in [-0.05, 0) is 11.5 Å². The summed E-state index contributed by atoms with van der Waals surface area (Å²) in [5, 5.41) is 10.6. The first-order valence-corrected chi connectivity index (χ1v) is 4.56. The van der Waals surface area contributed by atoms with Crippen LogP contribution in [0, 0.1) is 0 Å². The largest absolute Gasteiger partial charge is 0.480 e. The maximum absolute atomic E-state index is 10.6. The Balaban J connectivity index is 2.85. The fourth-order valence-corrected chi connectivity index (χ4v) is 2.27. The van der Waals surface area contributed by atoms with Gasteiger partial charge < -0.3 is 5.11 Å². The summed E-state index contributed by atoms with van der Waals surface area (Å²) in [6.07, 6.45) is 1.67. The number of aliphatic carboxylic acids is 1. The molecule has 0 aromatic rings. The quantitative estimate of drug-likeness (QED) is 0.689. The van der Waals surface area contributed by atoms with Crippen molar-refractivity contribution in [3.8, 4) is 0 Å². The van der Waals surface area contributed by atoms with Crippen LogP contribution >= 0.6 is 27.7 Å². The summed E-state index contributed by atoms with van der Waals surface area (Å²) >= 11 is 4.69. The second-order valence-corrected chi connectivity index (χ2v) is 4.72. The molecule has 1 rings (SSSR count). The number of alkyl halides is 1. The first-order chi connectivity index (χ1) is 4.57. The van der Waals surface area contributed by atoms with Crippen molar-refractivity contribution in [2.75, 3.05) is 0 Å². The fourth-order valence-electron chi connectivity index (χ4n) is 0.736. The van der Waals surface area contributed by atoms with Gasteiger partial charge in [0.05, 0.1) is 0 Å². The zero-order valence-corrected chi connectivity index (χ0v) is 7.78. The predicted octanol–water partition coefficient (Wildman–Crippen LogP) is 1.85. The summed E-state index contributed by atoms with van der Waals surface area (Å²) in [5.74, 6) is -0.818. The highest BCUT2D eigenvalue weighted by molar-refractivity contribution is 9.10. The molecule has 1 aliphatic heterocycles. The van der Waals surface area contributed by atoms with Crippen molar-refractivity contribution in [3.05, 3.63) is 11.5 Å². The Morgan fingerprint density at radius 2 is 2.50 bits per heavy atom. The van der Waals surface area contributed by atoms with Crippen LogP contribution < -0.4 is 0 Å². The smallest absolute Gasteiger partial charge is 0.325 e. The molecule has 0 spiro atoms. The molecule has 0 radical (unpaired) electrons. The molecule has 0 amide bonds. The summed E-state index contributed by atoms with van der Waals surface area (Å²) in [7, 11) is 0. The van der Waals surface area contributed by atoms with Crippen LogP contribution in [0.4, 0.5) is 0 Å². The monoisotopic (exact) mass is 222 g/mol. The van der Waals surface area contributed by atoms with Crippen LogP contribution in [0.3, 0.4) is 0 Å². The fraction of sp³-hybridized carbons (Fsp3) is 0.500. The molecule has 2 unspecified atom stereocenters. The van der Waals surface area contributed by atoms with Crippen LogP contribution in [0.25, 0.3) is 0 Å². The third-order valence-corrected chi connectivity index (χ3v) is 4.18. The highest BCUT2D eigenvalue weighted by Crippen LogP contribution is 2.39. The van der Waals surface area contributed by atoms with Crippen molar-refractivity contribution in [1.29, 1.82) is 0 Å². The number of carboxylic acid groups (broad SMARTS) is 1. The minimum absolute atomic E-state index is 0.0741. The van der Waals surface area contributed by atoms with Gasteiger partial charge >= 0.3 is 5.97 Å². The second-order valence-electron chi connectivity index (χ2n) is 2.15. The van der Waals surface area contributed by atoms with Gasteiger partial charge in [-0.25, -0.2) is 0 Å². The van der Waals surface area contributed by atoms with Crippen LogP contribution in [0.2, 0.25) is 0 Å². The molecule has 2 nitrogen and oxygen atoms in total. The van der Waals surface area contributed by atoms with Crippen LogP contribution in [0.15, 0.2) is 11.5 Å². The third kappa shape index (κ3) is 1.10. The van der Waals surface area contributed by atoms with Gasteiger partial charge in [0.1, 0.15) is 0 Å². The van der Waals surface area contributed by atoms with E-state index in [-0.39, 0.29) is 5.25 Å². The lowest BCUT2D eigenvalue weighted by Gasteiger charge is -2.18. The molecule has 0 saturated carbocycles. The Morgan fingerprint density at radius 1 is 1.90 bits per heavy atom. The van der Waals surface area contributed by atoms with E-state index < -0.39 is 10.3 Å². The molecule has 0 aromatic carbocycles. The van der Waals surface area contributed by atoms with Crippen molar-refractivity contribution in [2.45, 2.75) is 16.5 Å². The lowest BCUT2D eigenvalue weighted by molar-refractivity contribution is -0.138. The Kier molecular flexibility index (Phi) is 2.10. The molecule has 1 heterocycles. The van der Waals surface area contributed by atoms with Gasteiger partial charge in [0.15, 0.2) is 4.32 Å². The zero-order valence-electron chi connectivity index (χ0n) is 5.37. The van der Waals surface area contributed by atoms with Gasteiger partial charge in [-0.2, -0.15) is 0 Å². The van der Waals surface area contributed by atoms with Crippen molar-refractivity contribution in [1.82, 2.24) is 0 Å². The Morgan fingerprint density at radius 3 is 2.70 bits per heavy atom. The van der Waals surface area contributed by atoms with E-state index >= 15 is 0 Å². The molecular formula is C6H7BrO2S. The lowest BCUT2D eigenvalue weighted by atomic mass is 10.1. The van der Waals surface area contributed by atoms with Gasteiger partial charge in [-0.3, -0.25) is 4.79 Å². The van der Waals surface area contributed by atoms with Gasteiger partial charge in [0.25, 0.3) is 0 Å². The molecule has 4 heteroatoms. The van der Waals surface area contributed by atoms with Gasteiger partial charge in [-0.15, -0.1) is 11.8 Å². The number of rotatable bonds is 1. The Hall–Kier alpha value is 0.0400. The molecule has 0 saturated heterocycles. The standard InChI is InChI=1S/C6H7BrO2S/c1-4-6(7,5(8)9)2-3-10-4/h2-4H,1H3,(H,8,9). The Labute approximate surface area is 71.8 Å². The van der Waals surface area contributed by atoms with Crippen LogP contribution in [0.1, 0.15) is 6.92 Å². The van der Waals surface area contributed by atoms with Crippen molar-refractivity contribution >= 4 is 33.7 Å². The minimum Gasteiger partial charge on any atom is -0.480 e. The third-order valence-electron chi connectivity index (χ3n) is 1.51. The van der Waals surface area contributed by atoms with E-state index in [0.29, 0.717) is 0 Å². The van der Waals surface area contributed by atoms with E-state index in [9.17, 15) is 4.79 Å². The van der Waals surface area contributed by atoms with Gasteiger partial charge in [0.2, 0.25) is 0 Å².